The molecule has 0 saturated carbocycles. The van der Waals surface area contributed by atoms with Crippen molar-refractivity contribution in [2.75, 3.05) is 0 Å². The monoisotopic (exact) mass is 343 g/mol. The molecule has 4 aromatic rings. The Morgan fingerprint density at radius 1 is 1.05 bits per heavy atom. The van der Waals surface area contributed by atoms with Crippen LogP contribution in [-0.2, 0) is 0 Å². The zero-order chi connectivity index (χ0) is 13.5. The first-order chi connectivity index (χ1) is 9.83. The summed E-state index contributed by atoms with van der Waals surface area (Å²) in [7, 11) is 0. The van der Waals surface area contributed by atoms with Gasteiger partial charge in [-0.15, -0.1) is 27.2 Å². The molecule has 0 saturated heterocycles. The van der Waals surface area contributed by atoms with Gasteiger partial charge in [0.15, 0.2) is 5.65 Å². The largest absolute Gasteiger partial charge is 0.328 e. The highest BCUT2D eigenvalue weighted by Crippen LogP contribution is 2.27. The Morgan fingerprint density at radius 2 is 1.86 bits per heavy atom. The minimum absolute atomic E-state index is 0. The average molecular weight is 344 g/mol. The lowest BCUT2D eigenvalue weighted by molar-refractivity contribution is 0.940. The molecule has 1 aromatic carbocycles. The van der Waals surface area contributed by atoms with Gasteiger partial charge in [0, 0.05) is 28.6 Å². The van der Waals surface area contributed by atoms with E-state index >= 15 is 0 Å². The molecule has 0 aliphatic carbocycles. The number of halogens is 1. The first-order valence-corrected chi connectivity index (χ1v) is 6.11. The van der Waals surface area contributed by atoms with Crippen molar-refractivity contribution >= 4 is 33.4 Å². The molecule has 21 heavy (non-hydrogen) atoms. The molecule has 0 fully saturated rings. The molecule has 0 aliphatic rings. The van der Waals surface area contributed by atoms with Crippen LogP contribution in [0.3, 0.4) is 0 Å². The number of H-pyrrole nitrogens is 1. The van der Waals surface area contributed by atoms with Crippen LogP contribution in [0, 0.1) is 0 Å². The average Bonchev–Trinajstić information content (AvgIpc) is 2.96. The third-order valence-electron chi connectivity index (χ3n) is 3.22. The van der Waals surface area contributed by atoms with E-state index in [1.54, 1.807) is 23.1 Å². The standard InChI is InChI=1S/C14H9N5O.BrH/c20-12-6-5-9(7-15-12)13-10-3-1-2-4-11(10)14-17-16-8-19(14)18-13;/h1-8H,(H,15,20);1H. The van der Waals surface area contributed by atoms with Crippen LogP contribution in [-0.4, -0.2) is 24.8 Å². The van der Waals surface area contributed by atoms with Crippen LogP contribution in [0.5, 0.6) is 0 Å². The highest BCUT2D eigenvalue weighted by molar-refractivity contribution is 8.93. The second-order valence-corrected chi connectivity index (χ2v) is 4.43. The van der Waals surface area contributed by atoms with Crippen LogP contribution in [0.15, 0.2) is 53.7 Å². The summed E-state index contributed by atoms with van der Waals surface area (Å²) in [4.78, 5) is 13.9. The fraction of sp³-hybridized carbons (Fsp3) is 0. The number of aromatic amines is 1. The van der Waals surface area contributed by atoms with Gasteiger partial charge in [0.25, 0.3) is 0 Å². The first kappa shape index (κ1) is 13.4. The summed E-state index contributed by atoms with van der Waals surface area (Å²) in [6.07, 6.45) is 3.23. The second-order valence-electron chi connectivity index (χ2n) is 4.43. The van der Waals surface area contributed by atoms with Crippen molar-refractivity contribution in [3.63, 3.8) is 0 Å². The number of fused-ring (bicyclic) bond motifs is 3. The second kappa shape index (κ2) is 5.10. The van der Waals surface area contributed by atoms with E-state index in [2.05, 4.69) is 20.3 Å². The van der Waals surface area contributed by atoms with Crippen LogP contribution in [0.25, 0.3) is 27.7 Å². The maximum Gasteiger partial charge on any atom is 0.247 e. The van der Waals surface area contributed by atoms with Crippen LogP contribution >= 0.6 is 17.0 Å². The summed E-state index contributed by atoms with van der Waals surface area (Å²) in [5.74, 6) is 0. The highest BCUT2D eigenvalue weighted by atomic mass is 79.9. The Labute approximate surface area is 129 Å². The van der Waals surface area contributed by atoms with Gasteiger partial charge >= 0.3 is 0 Å². The van der Waals surface area contributed by atoms with Gasteiger partial charge < -0.3 is 4.98 Å². The summed E-state index contributed by atoms with van der Waals surface area (Å²) >= 11 is 0. The number of nitrogens with one attached hydrogen (secondary N) is 1. The topological polar surface area (TPSA) is 75.9 Å². The molecular formula is C14H10BrN5O. The molecular weight excluding hydrogens is 334 g/mol. The summed E-state index contributed by atoms with van der Waals surface area (Å²) in [5.41, 5.74) is 2.21. The maximum atomic E-state index is 11.2. The molecule has 4 rings (SSSR count). The molecule has 0 aliphatic heterocycles. The van der Waals surface area contributed by atoms with Gasteiger partial charge in [-0.3, -0.25) is 4.79 Å². The van der Waals surface area contributed by atoms with Crippen molar-refractivity contribution in [2.24, 2.45) is 0 Å². The summed E-state index contributed by atoms with van der Waals surface area (Å²) in [6.45, 7) is 0. The highest BCUT2D eigenvalue weighted by Gasteiger charge is 2.11. The lowest BCUT2D eigenvalue weighted by Gasteiger charge is -2.06. The minimum atomic E-state index is -0.136. The van der Waals surface area contributed by atoms with Gasteiger partial charge in [-0.05, 0) is 6.07 Å². The van der Waals surface area contributed by atoms with E-state index in [1.165, 1.54) is 6.07 Å². The number of benzene rings is 1. The number of rotatable bonds is 1. The summed E-state index contributed by atoms with van der Waals surface area (Å²) < 4.78 is 1.64. The third kappa shape index (κ3) is 2.11. The Balaban J connectivity index is 0.00000132. The SMILES string of the molecule is Br.O=c1ccc(-c2nn3cnnc3c3ccccc23)c[nH]1. The number of aromatic nitrogens is 5. The first-order valence-electron chi connectivity index (χ1n) is 6.11. The van der Waals surface area contributed by atoms with Gasteiger partial charge in [0.05, 0.1) is 0 Å². The zero-order valence-electron chi connectivity index (χ0n) is 10.7. The fourth-order valence-electron chi connectivity index (χ4n) is 2.30. The van der Waals surface area contributed by atoms with Crippen molar-refractivity contribution < 1.29 is 0 Å². The molecule has 0 bridgehead atoms. The van der Waals surface area contributed by atoms with Crippen LogP contribution in [0.1, 0.15) is 0 Å². The number of nitrogens with zero attached hydrogens (tertiary/aromatic N) is 4. The van der Waals surface area contributed by atoms with Gasteiger partial charge in [-0.1, -0.05) is 24.3 Å². The lowest BCUT2D eigenvalue weighted by Crippen LogP contribution is -2.03. The molecule has 3 heterocycles. The smallest absolute Gasteiger partial charge is 0.247 e. The number of hydrogen-bond acceptors (Lipinski definition) is 4. The van der Waals surface area contributed by atoms with E-state index in [4.69, 9.17) is 0 Å². The van der Waals surface area contributed by atoms with Crippen molar-refractivity contribution in [3.8, 4) is 11.3 Å². The Morgan fingerprint density at radius 3 is 2.62 bits per heavy atom. The molecule has 3 aromatic heterocycles. The molecule has 104 valence electrons. The van der Waals surface area contributed by atoms with E-state index < -0.39 is 0 Å². The molecule has 0 unspecified atom stereocenters. The van der Waals surface area contributed by atoms with Gasteiger partial charge in [-0.2, -0.15) is 9.61 Å². The third-order valence-corrected chi connectivity index (χ3v) is 3.22. The van der Waals surface area contributed by atoms with Gasteiger partial charge in [-0.25, -0.2) is 0 Å². The maximum absolute atomic E-state index is 11.2. The molecule has 7 heteroatoms. The lowest BCUT2D eigenvalue weighted by atomic mass is 10.1. The molecule has 0 spiro atoms. The molecule has 6 nitrogen and oxygen atoms in total. The zero-order valence-corrected chi connectivity index (χ0v) is 12.4. The van der Waals surface area contributed by atoms with Gasteiger partial charge in [0.1, 0.15) is 12.0 Å². The normalized spacial score (nSPS) is 10.7. The predicted molar refractivity (Wildman–Crippen MR) is 84.7 cm³/mol. The van der Waals surface area contributed by atoms with Crippen molar-refractivity contribution in [2.45, 2.75) is 0 Å². The van der Waals surface area contributed by atoms with Crippen LogP contribution < -0.4 is 5.56 Å². The quantitative estimate of drug-likeness (QED) is 0.574. The van der Waals surface area contributed by atoms with E-state index in [0.29, 0.717) is 5.65 Å². The number of pyridine rings is 1. The fourth-order valence-corrected chi connectivity index (χ4v) is 2.30. The predicted octanol–water partition coefficient (Wildman–Crippen LogP) is 2.21. The van der Waals surface area contributed by atoms with Crippen LogP contribution in [0.4, 0.5) is 0 Å². The summed E-state index contributed by atoms with van der Waals surface area (Å²) in [5, 5.41) is 14.5. The Kier molecular flexibility index (Phi) is 3.26. The molecule has 1 N–H and O–H groups in total. The Hall–Kier alpha value is -2.54. The van der Waals surface area contributed by atoms with Crippen molar-refractivity contribution in [3.05, 3.63) is 59.3 Å². The van der Waals surface area contributed by atoms with E-state index in [1.807, 2.05) is 24.3 Å². The van der Waals surface area contributed by atoms with E-state index in [9.17, 15) is 4.79 Å². The number of hydrogen-bond donors (Lipinski definition) is 1. The van der Waals surface area contributed by atoms with Crippen molar-refractivity contribution in [1.82, 2.24) is 24.8 Å². The van der Waals surface area contributed by atoms with Gasteiger partial charge in [0.2, 0.25) is 5.56 Å². The van der Waals surface area contributed by atoms with E-state index in [0.717, 1.165) is 22.0 Å². The van der Waals surface area contributed by atoms with Crippen molar-refractivity contribution in [1.29, 1.82) is 0 Å². The molecule has 0 amide bonds. The summed E-state index contributed by atoms with van der Waals surface area (Å²) in [6, 6.07) is 11.1. The van der Waals surface area contributed by atoms with E-state index in [-0.39, 0.29) is 22.5 Å². The van der Waals surface area contributed by atoms with Crippen LogP contribution in [0.2, 0.25) is 0 Å². The molecule has 0 atom stereocenters. The Bertz CT molecular complexity index is 971. The minimum Gasteiger partial charge on any atom is -0.328 e. The molecule has 0 radical (unpaired) electrons.